The van der Waals surface area contributed by atoms with Gasteiger partial charge in [0.1, 0.15) is 0 Å². The van der Waals surface area contributed by atoms with Crippen LogP contribution in [0.25, 0.3) is 27.5 Å². The summed E-state index contributed by atoms with van der Waals surface area (Å²) in [6.45, 7) is 23.4. The van der Waals surface area contributed by atoms with Crippen LogP contribution in [0.3, 0.4) is 0 Å². The molecule has 3 nitrogen and oxygen atoms in total. The van der Waals surface area contributed by atoms with Crippen LogP contribution >= 0.6 is 0 Å². The highest BCUT2D eigenvalue weighted by molar-refractivity contribution is 6.16. The van der Waals surface area contributed by atoms with Crippen molar-refractivity contribution in [3.05, 3.63) is 185 Å². The van der Waals surface area contributed by atoms with Crippen LogP contribution in [0.1, 0.15) is 103 Å². The molecular weight excluding hydrogens is 715 g/mol. The van der Waals surface area contributed by atoms with Crippen LogP contribution in [0.5, 0.6) is 0 Å². The van der Waals surface area contributed by atoms with Gasteiger partial charge >= 0.3 is 0 Å². The lowest BCUT2D eigenvalue weighted by Crippen LogP contribution is -2.33. The van der Waals surface area contributed by atoms with Gasteiger partial charge in [-0.2, -0.15) is 0 Å². The number of benzene rings is 7. The first-order chi connectivity index (χ1) is 28.0. The number of rotatable bonds is 6. The molecule has 0 atom stereocenters. The molecule has 10 rings (SSSR count). The van der Waals surface area contributed by atoms with Gasteiger partial charge in [-0.05, 0) is 117 Å². The number of aromatic nitrogens is 1. The molecule has 3 heteroatoms. The largest absolute Gasteiger partial charge is 0.310 e. The highest BCUT2D eigenvalue weighted by atomic mass is 15.2. The Bertz CT molecular complexity index is 2720. The molecule has 0 bridgehead atoms. The summed E-state index contributed by atoms with van der Waals surface area (Å²) < 4.78 is 2.64. The molecule has 7 aromatic carbocycles. The lowest BCUT2D eigenvalue weighted by molar-refractivity contribution is 0.590. The topological polar surface area (TPSA) is 11.4 Å². The Hall–Kier alpha value is -6.06. The molecule has 2 aliphatic heterocycles. The Labute approximate surface area is 350 Å². The molecule has 0 aliphatic carbocycles. The van der Waals surface area contributed by atoms with E-state index in [4.69, 9.17) is 0 Å². The molecule has 0 unspecified atom stereocenters. The van der Waals surface area contributed by atoms with Gasteiger partial charge in [0.05, 0.1) is 16.7 Å². The Morgan fingerprint density at radius 2 is 0.729 bits per heavy atom. The predicted octanol–water partition coefficient (Wildman–Crippen LogP) is 15.6. The second kappa shape index (κ2) is 12.7. The normalized spacial score (nSPS) is 14.9. The van der Waals surface area contributed by atoms with Gasteiger partial charge in [0.15, 0.2) is 0 Å². The van der Waals surface area contributed by atoms with Gasteiger partial charge in [-0.25, -0.2) is 0 Å². The van der Waals surface area contributed by atoms with Crippen LogP contribution in [0.2, 0.25) is 0 Å². The summed E-state index contributed by atoms with van der Waals surface area (Å²) in [5, 5.41) is 2.57. The summed E-state index contributed by atoms with van der Waals surface area (Å²) in [7, 11) is 0. The third-order valence-electron chi connectivity index (χ3n) is 13.4. The molecule has 8 aromatic rings. The summed E-state index contributed by atoms with van der Waals surface area (Å²) in [4.78, 5) is 4.91. The minimum atomic E-state index is -0.246. The van der Waals surface area contributed by atoms with Gasteiger partial charge in [0, 0.05) is 55.7 Å². The maximum atomic E-state index is 2.64. The maximum Gasteiger partial charge on any atom is 0.0583 e. The first-order valence-electron chi connectivity index (χ1n) is 21.3. The van der Waals surface area contributed by atoms with E-state index in [-0.39, 0.29) is 21.7 Å². The average molecular weight is 770 g/mol. The van der Waals surface area contributed by atoms with Crippen molar-refractivity contribution in [3.63, 3.8) is 0 Å². The Morgan fingerprint density at radius 1 is 0.373 bits per heavy atom. The average Bonchev–Trinajstić information content (AvgIpc) is 3.54. The fourth-order valence-corrected chi connectivity index (χ4v) is 10.0. The van der Waals surface area contributed by atoms with Crippen LogP contribution < -0.4 is 9.80 Å². The molecule has 2 aliphatic rings. The zero-order valence-corrected chi connectivity index (χ0v) is 36.3. The van der Waals surface area contributed by atoms with Crippen molar-refractivity contribution >= 4 is 55.9 Å². The molecule has 0 radical (unpaired) electrons. The number of hydrogen-bond acceptors (Lipinski definition) is 2. The van der Waals surface area contributed by atoms with E-state index in [0.717, 1.165) is 34.1 Å². The van der Waals surface area contributed by atoms with Crippen LogP contribution in [0, 0.1) is 0 Å². The molecule has 1 aromatic heterocycles. The van der Waals surface area contributed by atoms with E-state index in [0.29, 0.717) is 0 Å². The minimum Gasteiger partial charge on any atom is -0.310 e. The summed E-state index contributed by atoms with van der Waals surface area (Å²) in [5.74, 6) is 0. The smallest absolute Gasteiger partial charge is 0.0583 e. The standard InChI is InChI=1S/C56H55N3/c1-53(2,3)36-24-28-40(29-25-36)57(38-18-13-11-14-19-38)42-32-44-45-33-43(58(39-20-15-12-16-21-39)41-30-26-37(27-31-41)54(4,5)6)35-49-51(45)59-50(44)48(34-42)55(7,8)46-22-17-23-47(52(46)59)56(49,9)10/h11-35H,1-10H3. The van der Waals surface area contributed by atoms with E-state index in [1.165, 1.54) is 60.9 Å². The zero-order chi connectivity index (χ0) is 41.2. The molecule has 0 fully saturated rings. The van der Waals surface area contributed by atoms with Crippen molar-refractivity contribution in [2.24, 2.45) is 0 Å². The van der Waals surface area contributed by atoms with Crippen molar-refractivity contribution < 1.29 is 0 Å². The van der Waals surface area contributed by atoms with Crippen molar-refractivity contribution in [3.8, 4) is 5.69 Å². The molecule has 0 saturated carbocycles. The monoisotopic (exact) mass is 769 g/mol. The maximum absolute atomic E-state index is 2.64. The van der Waals surface area contributed by atoms with E-state index in [1.807, 2.05) is 0 Å². The number of nitrogens with zero attached hydrogens (tertiary/aromatic N) is 3. The van der Waals surface area contributed by atoms with Crippen molar-refractivity contribution in [1.82, 2.24) is 4.57 Å². The lowest BCUT2D eigenvalue weighted by Gasteiger charge is -2.42. The van der Waals surface area contributed by atoms with Crippen LogP contribution in [-0.2, 0) is 21.7 Å². The fraction of sp³-hybridized carbons (Fsp3) is 0.250. The van der Waals surface area contributed by atoms with Gasteiger partial charge in [0.2, 0.25) is 0 Å². The van der Waals surface area contributed by atoms with E-state index < -0.39 is 0 Å². The molecule has 59 heavy (non-hydrogen) atoms. The first kappa shape index (κ1) is 37.2. The Balaban J connectivity index is 1.31. The second-order valence-electron chi connectivity index (χ2n) is 20.0. The molecule has 0 spiro atoms. The van der Waals surface area contributed by atoms with Crippen LogP contribution in [0.4, 0.5) is 34.1 Å². The highest BCUT2D eigenvalue weighted by Gasteiger charge is 2.44. The summed E-state index contributed by atoms with van der Waals surface area (Å²) in [6, 6.07) is 57.1. The number of anilines is 6. The molecule has 294 valence electrons. The molecular formula is C56H55N3. The van der Waals surface area contributed by atoms with E-state index in [9.17, 15) is 0 Å². The van der Waals surface area contributed by atoms with Gasteiger partial charge in [-0.1, -0.05) is 148 Å². The van der Waals surface area contributed by atoms with E-state index in [1.54, 1.807) is 0 Å². The SMILES string of the molecule is CC(C)(C)c1ccc(N(c2ccccc2)c2cc3c4c(c2)c2cc(N(c5ccccc5)c5ccc(C(C)(C)C)cc5)cc5c2n4-c2c(cccc2C5(C)C)C3(C)C)cc1. The van der Waals surface area contributed by atoms with Gasteiger partial charge in [-0.15, -0.1) is 0 Å². The molecule has 0 N–H and O–H groups in total. The molecule has 0 saturated heterocycles. The number of hydrogen-bond donors (Lipinski definition) is 0. The summed E-state index contributed by atoms with van der Waals surface area (Å²) in [5.41, 5.74) is 18.7. The Kier molecular flexibility index (Phi) is 8.02. The van der Waals surface area contributed by atoms with E-state index in [2.05, 4.69) is 235 Å². The first-order valence-corrected chi connectivity index (χ1v) is 21.3. The molecule has 3 heterocycles. The third kappa shape index (κ3) is 5.61. The predicted molar refractivity (Wildman–Crippen MR) is 252 cm³/mol. The minimum absolute atomic E-state index is 0.0645. The summed E-state index contributed by atoms with van der Waals surface area (Å²) in [6.07, 6.45) is 0. The highest BCUT2D eigenvalue weighted by Crippen LogP contribution is 2.57. The Morgan fingerprint density at radius 3 is 1.08 bits per heavy atom. The zero-order valence-electron chi connectivity index (χ0n) is 36.3. The molecule has 0 amide bonds. The fourth-order valence-electron chi connectivity index (χ4n) is 10.0. The quantitative estimate of drug-likeness (QED) is 0.167. The van der Waals surface area contributed by atoms with Crippen molar-refractivity contribution in [2.75, 3.05) is 9.80 Å². The van der Waals surface area contributed by atoms with Gasteiger partial charge in [-0.3, -0.25) is 0 Å². The second-order valence-corrected chi connectivity index (χ2v) is 20.0. The lowest BCUT2D eigenvalue weighted by atomic mass is 9.68. The van der Waals surface area contributed by atoms with Crippen molar-refractivity contribution in [2.45, 2.75) is 90.9 Å². The van der Waals surface area contributed by atoms with Crippen LogP contribution in [0.15, 0.2) is 152 Å². The number of para-hydroxylation sites is 3. The third-order valence-corrected chi connectivity index (χ3v) is 13.4. The summed E-state index contributed by atoms with van der Waals surface area (Å²) >= 11 is 0. The van der Waals surface area contributed by atoms with Gasteiger partial charge in [0.25, 0.3) is 0 Å². The number of fused-ring (bicyclic) bond motifs is 1. The van der Waals surface area contributed by atoms with Crippen molar-refractivity contribution in [1.29, 1.82) is 0 Å². The van der Waals surface area contributed by atoms with Crippen LogP contribution in [-0.4, -0.2) is 4.57 Å². The van der Waals surface area contributed by atoms with Gasteiger partial charge < -0.3 is 14.4 Å². The van der Waals surface area contributed by atoms with E-state index >= 15 is 0 Å².